The Hall–Kier alpha value is -2.33. The molecule has 0 fully saturated rings. The van der Waals surface area contributed by atoms with E-state index in [2.05, 4.69) is 20.7 Å². The molecule has 0 unspecified atom stereocenters. The van der Waals surface area contributed by atoms with Crippen LogP contribution in [0.25, 0.3) is 0 Å². The van der Waals surface area contributed by atoms with Crippen LogP contribution < -0.4 is 11.2 Å². The number of nitrogens with zero attached hydrogens (tertiary/aromatic N) is 3. The molecule has 0 bridgehead atoms. The van der Waals surface area contributed by atoms with Crippen LogP contribution in [-0.4, -0.2) is 38.3 Å². The maximum atomic E-state index is 11.5. The van der Waals surface area contributed by atoms with Gasteiger partial charge in [0.2, 0.25) is 5.13 Å². The van der Waals surface area contributed by atoms with Gasteiger partial charge in [-0.1, -0.05) is 23.1 Å². The number of nitrogens with two attached hydrogens (primary N) is 1. The van der Waals surface area contributed by atoms with Crippen molar-refractivity contribution in [3.8, 4) is 11.5 Å². The summed E-state index contributed by atoms with van der Waals surface area (Å²) in [5.74, 6) is -0.399. The van der Waals surface area contributed by atoms with Gasteiger partial charge in [-0.25, -0.2) is 5.43 Å². The van der Waals surface area contributed by atoms with E-state index in [4.69, 9.17) is 10.8 Å². The maximum absolute atomic E-state index is 11.5. The van der Waals surface area contributed by atoms with Crippen LogP contribution in [0.3, 0.4) is 0 Å². The molecule has 0 radical (unpaired) electrons. The van der Waals surface area contributed by atoms with Gasteiger partial charge in [0.15, 0.2) is 4.34 Å². The zero-order chi connectivity index (χ0) is 15.2. The number of nitrogens with one attached hydrogen (secondary N) is 1. The minimum absolute atomic E-state index is 0.0542. The van der Waals surface area contributed by atoms with E-state index in [0.717, 1.165) is 0 Å². The summed E-state index contributed by atoms with van der Waals surface area (Å²) in [5, 5.41) is 30.1. The summed E-state index contributed by atoms with van der Waals surface area (Å²) in [6.45, 7) is 0. The first-order valence-electron chi connectivity index (χ1n) is 5.60. The largest absolute Gasteiger partial charge is 0.508 e. The summed E-state index contributed by atoms with van der Waals surface area (Å²) in [5.41, 5.74) is 8.10. The summed E-state index contributed by atoms with van der Waals surface area (Å²) in [6.07, 6.45) is 1.28. The average Bonchev–Trinajstić information content (AvgIpc) is 2.85. The number of aromatic nitrogens is 2. The third-order valence-electron chi connectivity index (χ3n) is 2.16. The minimum atomic E-state index is -0.330. The number of rotatable bonds is 5. The summed E-state index contributed by atoms with van der Waals surface area (Å²) in [6, 6.07) is 4.05. The lowest BCUT2D eigenvalue weighted by atomic mass is 10.2. The molecule has 0 saturated carbocycles. The van der Waals surface area contributed by atoms with Gasteiger partial charge in [-0.05, 0) is 12.1 Å². The second-order valence-electron chi connectivity index (χ2n) is 3.73. The SMILES string of the molecule is Nc1nnc(SCC(=O)N/N=C/c2ccc(O)cc2O)s1. The average molecular weight is 325 g/mol. The molecule has 1 heterocycles. The molecule has 10 heteroatoms. The third kappa shape index (κ3) is 4.61. The van der Waals surface area contributed by atoms with Crippen molar-refractivity contribution in [2.24, 2.45) is 5.10 Å². The fourth-order valence-electron chi connectivity index (χ4n) is 1.25. The van der Waals surface area contributed by atoms with Gasteiger partial charge in [-0.2, -0.15) is 5.10 Å². The number of carbonyl (C=O) groups excluding carboxylic acids is 1. The van der Waals surface area contributed by atoms with E-state index in [-0.39, 0.29) is 23.2 Å². The van der Waals surface area contributed by atoms with Crippen molar-refractivity contribution < 1.29 is 15.0 Å². The Morgan fingerprint density at radius 3 is 2.95 bits per heavy atom. The lowest BCUT2D eigenvalue weighted by molar-refractivity contribution is -0.118. The lowest BCUT2D eigenvalue weighted by Crippen LogP contribution is -2.19. The number of carbonyl (C=O) groups is 1. The molecule has 1 aromatic heterocycles. The highest BCUT2D eigenvalue weighted by Crippen LogP contribution is 2.23. The number of phenols is 2. The Morgan fingerprint density at radius 1 is 1.48 bits per heavy atom. The molecule has 0 saturated heterocycles. The molecule has 110 valence electrons. The molecular formula is C11H11N5O3S2. The van der Waals surface area contributed by atoms with Crippen LogP contribution in [0.1, 0.15) is 5.56 Å². The number of hydrazone groups is 1. The summed E-state index contributed by atoms with van der Waals surface area (Å²) >= 11 is 2.39. The number of nitrogen functional groups attached to an aromatic ring is 1. The molecule has 2 rings (SSSR count). The standard InChI is InChI=1S/C11H11N5O3S2/c12-10-15-16-11(21-10)20-5-9(19)14-13-4-6-1-2-7(17)3-8(6)18/h1-4,17-18H,5H2,(H2,12,15)(H,14,19)/b13-4+. The van der Waals surface area contributed by atoms with E-state index in [0.29, 0.717) is 15.0 Å². The predicted octanol–water partition coefficient (Wildman–Crippen LogP) is 0.774. The number of hydrogen-bond acceptors (Lipinski definition) is 9. The van der Waals surface area contributed by atoms with E-state index >= 15 is 0 Å². The topological polar surface area (TPSA) is 134 Å². The van der Waals surface area contributed by atoms with Crippen molar-refractivity contribution in [3.63, 3.8) is 0 Å². The highest BCUT2D eigenvalue weighted by atomic mass is 32.2. The van der Waals surface area contributed by atoms with E-state index in [1.807, 2.05) is 0 Å². The van der Waals surface area contributed by atoms with Crippen molar-refractivity contribution in [1.82, 2.24) is 15.6 Å². The number of hydrogen-bond donors (Lipinski definition) is 4. The summed E-state index contributed by atoms with van der Waals surface area (Å²) < 4.78 is 0.600. The Labute approximate surface area is 127 Å². The van der Waals surface area contributed by atoms with Gasteiger partial charge in [0.25, 0.3) is 5.91 Å². The lowest BCUT2D eigenvalue weighted by Gasteiger charge is -2.00. The molecule has 0 spiro atoms. The van der Waals surface area contributed by atoms with E-state index in [9.17, 15) is 9.90 Å². The molecular weight excluding hydrogens is 314 g/mol. The maximum Gasteiger partial charge on any atom is 0.250 e. The quantitative estimate of drug-likeness (QED) is 0.362. The van der Waals surface area contributed by atoms with Gasteiger partial charge < -0.3 is 15.9 Å². The predicted molar refractivity (Wildman–Crippen MR) is 80.6 cm³/mol. The molecule has 21 heavy (non-hydrogen) atoms. The van der Waals surface area contributed by atoms with Crippen molar-refractivity contribution >= 4 is 40.4 Å². The Balaban J connectivity index is 1.81. The fourth-order valence-corrected chi connectivity index (χ4v) is 2.68. The van der Waals surface area contributed by atoms with Crippen LogP contribution in [0.2, 0.25) is 0 Å². The zero-order valence-corrected chi connectivity index (χ0v) is 12.2. The van der Waals surface area contributed by atoms with Crippen molar-refractivity contribution in [2.45, 2.75) is 4.34 Å². The smallest absolute Gasteiger partial charge is 0.250 e. The normalized spacial score (nSPS) is 10.9. The van der Waals surface area contributed by atoms with Gasteiger partial charge in [-0.3, -0.25) is 4.79 Å². The number of phenolic OH excluding ortho intramolecular Hbond substituents is 2. The fraction of sp³-hybridized carbons (Fsp3) is 0.0909. The van der Waals surface area contributed by atoms with Crippen LogP contribution in [0.5, 0.6) is 11.5 Å². The van der Waals surface area contributed by atoms with Crippen molar-refractivity contribution in [3.05, 3.63) is 23.8 Å². The van der Waals surface area contributed by atoms with E-state index < -0.39 is 0 Å². The monoisotopic (exact) mass is 325 g/mol. The van der Waals surface area contributed by atoms with Crippen LogP contribution in [-0.2, 0) is 4.79 Å². The highest BCUT2D eigenvalue weighted by Gasteiger charge is 2.06. The molecule has 1 amide bonds. The van der Waals surface area contributed by atoms with Gasteiger partial charge in [0.05, 0.1) is 12.0 Å². The van der Waals surface area contributed by atoms with Gasteiger partial charge >= 0.3 is 0 Å². The van der Waals surface area contributed by atoms with Crippen molar-refractivity contribution in [1.29, 1.82) is 0 Å². The molecule has 0 aliphatic carbocycles. The number of aromatic hydroxyl groups is 2. The second kappa shape index (κ2) is 6.90. The molecule has 0 aliphatic heterocycles. The highest BCUT2D eigenvalue weighted by molar-refractivity contribution is 8.01. The van der Waals surface area contributed by atoms with Gasteiger partial charge in [0.1, 0.15) is 11.5 Å². The van der Waals surface area contributed by atoms with Crippen LogP contribution in [0.15, 0.2) is 27.6 Å². The van der Waals surface area contributed by atoms with Crippen LogP contribution in [0.4, 0.5) is 5.13 Å². The first-order chi connectivity index (χ1) is 10.0. The number of thioether (sulfide) groups is 1. The molecule has 2 aromatic rings. The van der Waals surface area contributed by atoms with E-state index in [1.165, 1.54) is 47.5 Å². The molecule has 5 N–H and O–H groups in total. The summed E-state index contributed by atoms with van der Waals surface area (Å²) in [4.78, 5) is 11.5. The molecule has 1 aromatic carbocycles. The van der Waals surface area contributed by atoms with Crippen LogP contribution in [0, 0.1) is 0 Å². The second-order valence-corrected chi connectivity index (χ2v) is 5.96. The summed E-state index contributed by atoms with van der Waals surface area (Å²) in [7, 11) is 0. The zero-order valence-electron chi connectivity index (χ0n) is 10.6. The molecule has 0 atom stereocenters. The number of benzene rings is 1. The van der Waals surface area contributed by atoms with Gasteiger partial charge in [-0.15, -0.1) is 10.2 Å². The molecule has 8 nitrogen and oxygen atoms in total. The number of amides is 1. The molecule has 0 aliphatic rings. The van der Waals surface area contributed by atoms with E-state index in [1.54, 1.807) is 0 Å². The first-order valence-corrected chi connectivity index (χ1v) is 7.40. The minimum Gasteiger partial charge on any atom is -0.508 e. The Morgan fingerprint density at radius 2 is 2.29 bits per heavy atom. The Bertz CT molecular complexity index is 674. The van der Waals surface area contributed by atoms with Crippen molar-refractivity contribution in [2.75, 3.05) is 11.5 Å². The van der Waals surface area contributed by atoms with Gasteiger partial charge in [0, 0.05) is 11.6 Å². The Kier molecular flexibility index (Phi) is 4.95. The van der Waals surface area contributed by atoms with Crippen LogP contribution >= 0.6 is 23.1 Å². The first kappa shape index (κ1) is 15.1. The third-order valence-corrected chi connectivity index (χ3v) is 4.04. The number of anilines is 1.